The van der Waals surface area contributed by atoms with Crippen molar-refractivity contribution >= 4 is 24.7 Å². The monoisotopic (exact) mass is 424 g/mol. The molecular formula is C26H36O3Si. The number of rotatable bonds is 10. The van der Waals surface area contributed by atoms with Gasteiger partial charge in [-0.1, -0.05) is 101 Å². The van der Waals surface area contributed by atoms with Crippen LogP contribution in [0.15, 0.2) is 60.7 Å². The summed E-state index contributed by atoms with van der Waals surface area (Å²) in [5, 5.41) is 11.8. The molecule has 2 atom stereocenters. The first-order chi connectivity index (χ1) is 14.2. The van der Waals surface area contributed by atoms with Crippen molar-refractivity contribution in [2.45, 2.75) is 64.8 Å². The van der Waals surface area contributed by atoms with E-state index in [-0.39, 0.29) is 16.4 Å². The van der Waals surface area contributed by atoms with E-state index in [1.54, 1.807) is 0 Å². The van der Waals surface area contributed by atoms with Crippen LogP contribution < -0.4 is 10.4 Å². The lowest BCUT2D eigenvalue weighted by atomic mass is 9.98. The second kappa shape index (κ2) is 9.07. The molecule has 0 bridgehead atoms. The van der Waals surface area contributed by atoms with Gasteiger partial charge in [-0.2, -0.15) is 0 Å². The van der Waals surface area contributed by atoms with Crippen LogP contribution in [-0.4, -0.2) is 26.0 Å². The predicted molar refractivity (Wildman–Crippen MR) is 126 cm³/mol. The van der Waals surface area contributed by atoms with Crippen LogP contribution in [0, 0.1) is 11.3 Å². The highest BCUT2D eigenvalue weighted by Crippen LogP contribution is 2.55. The van der Waals surface area contributed by atoms with E-state index < -0.39 is 14.3 Å². The number of hydrogen-bond acceptors (Lipinski definition) is 2. The Balaban J connectivity index is 1.67. The summed E-state index contributed by atoms with van der Waals surface area (Å²) in [4.78, 5) is 11.2. The van der Waals surface area contributed by atoms with E-state index in [4.69, 9.17) is 4.43 Å². The number of carbonyl (C=O) groups is 1. The second-order valence-corrected chi connectivity index (χ2v) is 14.4. The van der Waals surface area contributed by atoms with Crippen LogP contribution in [0.2, 0.25) is 5.04 Å². The van der Waals surface area contributed by atoms with Gasteiger partial charge in [0.25, 0.3) is 8.32 Å². The van der Waals surface area contributed by atoms with E-state index in [1.807, 2.05) is 0 Å². The fraction of sp³-hybridized carbons (Fsp3) is 0.500. The van der Waals surface area contributed by atoms with Crippen molar-refractivity contribution in [3.05, 3.63) is 60.7 Å². The first-order valence-corrected chi connectivity index (χ1v) is 13.1. The van der Waals surface area contributed by atoms with Crippen LogP contribution in [0.5, 0.6) is 0 Å². The highest BCUT2D eigenvalue weighted by atomic mass is 28.4. The number of carboxylic acid groups (broad SMARTS) is 1. The molecule has 2 unspecified atom stereocenters. The summed E-state index contributed by atoms with van der Waals surface area (Å²) in [5.74, 6) is -0.765. The smallest absolute Gasteiger partial charge is 0.307 e. The van der Waals surface area contributed by atoms with E-state index in [0.717, 1.165) is 38.7 Å². The molecule has 3 nitrogen and oxygen atoms in total. The minimum atomic E-state index is -2.44. The van der Waals surface area contributed by atoms with Crippen LogP contribution in [0.25, 0.3) is 0 Å². The van der Waals surface area contributed by atoms with Gasteiger partial charge in [0.15, 0.2) is 0 Å². The fourth-order valence-electron chi connectivity index (χ4n) is 4.86. The highest BCUT2D eigenvalue weighted by Gasteiger charge is 2.54. The average Bonchev–Trinajstić information content (AvgIpc) is 3.40. The van der Waals surface area contributed by atoms with Crippen molar-refractivity contribution in [2.75, 3.05) is 6.61 Å². The zero-order valence-corrected chi connectivity index (χ0v) is 19.9. The molecule has 0 radical (unpaired) electrons. The van der Waals surface area contributed by atoms with Gasteiger partial charge < -0.3 is 9.53 Å². The Morgan fingerprint density at radius 2 is 1.53 bits per heavy atom. The maximum Gasteiger partial charge on any atom is 0.307 e. The Morgan fingerprint density at radius 1 is 1.00 bits per heavy atom. The Bertz CT molecular complexity index is 789. The molecule has 30 heavy (non-hydrogen) atoms. The standard InChI is InChI=1S/C26H36O3Si/c1-25(2,3)30(21-14-8-5-9-15-21,22-16-10-6-11-17-22)29-19-13-7-12-18-26(4)20-23(26)24(27)28/h5-6,8-11,14-17,23H,7,12-13,18-20H2,1-4H3,(H,27,28). The van der Waals surface area contributed by atoms with Gasteiger partial charge in [-0.05, 0) is 40.1 Å². The zero-order valence-electron chi connectivity index (χ0n) is 18.9. The molecule has 1 fully saturated rings. The molecule has 1 saturated carbocycles. The van der Waals surface area contributed by atoms with Crippen molar-refractivity contribution < 1.29 is 14.3 Å². The molecule has 4 heteroatoms. The average molecular weight is 425 g/mol. The number of unbranched alkanes of at least 4 members (excludes halogenated alkanes) is 2. The lowest BCUT2D eigenvalue weighted by Gasteiger charge is -2.43. The molecule has 1 aliphatic rings. The lowest BCUT2D eigenvalue weighted by Crippen LogP contribution is -2.66. The van der Waals surface area contributed by atoms with Gasteiger partial charge in [-0.15, -0.1) is 0 Å². The molecule has 0 saturated heterocycles. The summed E-state index contributed by atoms with van der Waals surface area (Å²) >= 11 is 0. The van der Waals surface area contributed by atoms with Crippen molar-refractivity contribution in [3.63, 3.8) is 0 Å². The molecule has 162 valence electrons. The third-order valence-corrected chi connectivity index (χ3v) is 11.8. The van der Waals surface area contributed by atoms with Crippen LogP contribution >= 0.6 is 0 Å². The molecular weight excluding hydrogens is 388 g/mol. The van der Waals surface area contributed by atoms with E-state index >= 15 is 0 Å². The van der Waals surface area contributed by atoms with E-state index in [9.17, 15) is 9.90 Å². The van der Waals surface area contributed by atoms with Gasteiger partial charge in [-0.25, -0.2) is 0 Å². The summed E-state index contributed by atoms with van der Waals surface area (Å²) in [6, 6.07) is 21.5. The minimum Gasteiger partial charge on any atom is -0.481 e. The summed E-state index contributed by atoms with van der Waals surface area (Å²) in [5.41, 5.74) is 0.0185. The molecule has 0 amide bonds. The quantitative estimate of drug-likeness (QED) is 0.419. The van der Waals surface area contributed by atoms with Gasteiger partial charge in [-0.3, -0.25) is 4.79 Å². The van der Waals surface area contributed by atoms with Gasteiger partial charge in [0, 0.05) is 6.61 Å². The van der Waals surface area contributed by atoms with Crippen molar-refractivity contribution in [3.8, 4) is 0 Å². The maximum absolute atomic E-state index is 11.2. The number of aliphatic carboxylic acids is 1. The molecule has 0 aromatic heterocycles. The Labute approximate surface area is 182 Å². The SMILES string of the molecule is CC1(CCCCCO[Si](c2ccccc2)(c2ccccc2)C(C)(C)C)CC1C(=O)O. The van der Waals surface area contributed by atoms with Crippen LogP contribution in [-0.2, 0) is 9.22 Å². The van der Waals surface area contributed by atoms with E-state index in [2.05, 4.69) is 88.4 Å². The van der Waals surface area contributed by atoms with E-state index in [1.165, 1.54) is 10.4 Å². The number of benzene rings is 2. The minimum absolute atomic E-state index is 0.00586. The summed E-state index contributed by atoms with van der Waals surface area (Å²) in [6.07, 6.45) is 5.01. The molecule has 1 N–H and O–H groups in total. The first kappa shape index (κ1) is 22.8. The first-order valence-electron chi connectivity index (χ1n) is 11.2. The summed E-state index contributed by atoms with van der Waals surface area (Å²) < 4.78 is 6.92. The molecule has 3 rings (SSSR count). The van der Waals surface area contributed by atoms with Crippen LogP contribution in [0.4, 0.5) is 0 Å². The Morgan fingerprint density at radius 3 is 1.97 bits per heavy atom. The normalized spacial score (nSPS) is 21.4. The third kappa shape index (κ3) is 4.70. The fourth-order valence-corrected chi connectivity index (χ4v) is 9.47. The van der Waals surface area contributed by atoms with Gasteiger partial charge in [0.2, 0.25) is 0 Å². The van der Waals surface area contributed by atoms with Crippen LogP contribution in [0.1, 0.15) is 59.8 Å². The van der Waals surface area contributed by atoms with Gasteiger partial charge in [0.1, 0.15) is 0 Å². The number of hydrogen-bond donors (Lipinski definition) is 1. The number of carboxylic acids is 1. The van der Waals surface area contributed by atoms with Crippen molar-refractivity contribution in [1.82, 2.24) is 0 Å². The molecule has 2 aromatic carbocycles. The Kier molecular flexibility index (Phi) is 6.88. The molecule has 0 heterocycles. The van der Waals surface area contributed by atoms with Gasteiger partial charge >= 0.3 is 5.97 Å². The predicted octanol–water partition coefficient (Wildman–Crippen LogP) is 5.23. The molecule has 1 aliphatic carbocycles. The topological polar surface area (TPSA) is 46.5 Å². The zero-order chi connectivity index (χ0) is 21.8. The molecule has 2 aromatic rings. The molecule has 0 spiro atoms. The summed E-state index contributed by atoms with van der Waals surface area (Å²) in [7, 11) is -2.44. The lowest BCUT2D eigenvalue weighted by molar-refractivity contribution is -0.139. The molecule has 0 aliphatic heterocycles. The maximum atomic E-state index is 11.2. The van der Waals surface area contributed by atoms with E-state index in [0.29, 0.717) is 0 Å². The largest absolute Gasteiger partial charge is 0.481 e. The third-order valence-electron chi connectivity index (χ3n) is 6.78. The van der Waals surface area contributed by atoms with Gasteiger partial charge in [0.05, 0.1) is 5.92 Å². The van der Waals surface area contributed by atoms with Crippen LogP contribution in [0.3, 0.4) is 0 Å². The summed E-state index contributed by atoms with van der Waals surface area (Å²) in [6.45, 7) is 9.77. The van der Waals surface area contributed by atoms with Crippen molar-refractivity contribution in [2.24, 2.45) is 11.3 Å². The van der Waals surface area contributed by atoms with Crippen molar-refractivity contribution in [1.29, 1.82) is 0 Å². The second-order valence-electron chi connectivity index (χ2n) is 10.1. The Hall–Kier alpha value is -1.91. The highest BCUT2D eigenvalue weighted by molar-refractivity contribution is 6.99.